The Hall–Kier alpha value is -2.35. The van der Waals surface area contributed by atoms with Gasteiger partial charge in [-0.25, -0.2) is 0 Å². The molecule has 0 aliphatic heterocycles. The van der Waals surface area contributed by atoms with E-state index in [-0.39, 0.29) is 5.78 Å². The molecule has 2 aromatic carbocycles. The molecule has 0 heterocycles. The first-order valence-electron chi connectivity index (χ1n) is 9.15. The van der Waals surface area contributed by atoms with Gasteiger partial charge in [0, 0.05) is 23.4 Å². The van der Waals surface area contributed by atoms with Gasteiger partial charge < -0.3 is 5.32 Å². The molecule has 2 nitrogen and oxygen atoms in total. The molecule has 0 saturated heterocycles. The number of carbonyl (C=O) groups is 1. The first-order valence-corrected chi connectivity index (χ1v) is 9.15. The molecular weight excluding hydrogens is 306 g/mol. The van der Waals surface area contributed by atoms with Crippen molar-refractivity contribution < 1.29 is 4.79 Å². The van der Waals surface area contributed by atoms with Gasteiger partial charge in [-0.05, 0) is 23.8 Å². The van der Waals surface area contributed by atoms with Crippen molar-refractivity contribution in [3.05, 3.63) is 77.9 Å². The van der Waals surface area contributed by atoms with E-state index in [1.807, 2.05) is 54.6 Å². The predicted octanol–water partition coefficient (Wildman–Crippen LogP) is 5.55. The topological polar surface area (TPSA) is 29.1 Å². The molecule has 1 unspecified atom stereocenters. The minimum Gasteiger partial charge on any atom is -0.385 e. The molecule has 0 fully saturated rings. The third-order valence-electron chi connectivity index (χ3n) is 4.71. The Bertz CT molecular complexity index is 686. The second-order valence-corrected chi connectivity index (χ2v) is 6.92. The quantitative estimate of drug-likeness (QED) is 0.609. The molecule has 132 valence electrons. The van der Waals surface area contributed by atoms with Crippen LogP contribution in [-0.4, -0.2) is 12.3 Å². The van der Waals surface area contributed by atoms with Crippen molar-refractivity contribution in [3.8, 4) is 0 Å². The van der Waals surface area contributed by atoms with Crippen LogP contribution in [0.4, 0.5) is 0 Å². The van der Waals surface area contributed by atoms with Crippen LogP contribution in [0, 0.1) is 11.8 Å². The van der Waals surface area contributed by atoms with Crippen molar-refractivity contribution >= 4 is 11.5 Å². The van der Waals surface area contributed by atoms with E-state index >= 15 is 0 Å². The van der Waals surface area contributed by atoms with E-state index in [1.54, 1.807) is 0 Å². The molecule has 2 rings (SSSR count). The van der Waals surface area contributed by atoms with E-state index in [0.717, 1.165) is 17.8 Å². The zero-order valence-electron chi connectivity index (χ0n) is 15.6. The Morgan fingerprint density at radius 3 is 2.08 bits per heavy atom. The average Bonchev–Trinajstić information content (AvgIpc) is 2.65. The summed E-state index contributed by atoms with van der Waals surface area (Å²) in [6.07, 6.45) is 2.43. The summed E-state index contributed by atoms with van der Waals surface area (Å²) in [5.74, 6) is 1.36. The summed E-state index contributed by atoms with van der Waals surface area (Å²) in [7, 11) is 0. The van der Waals surface area contributed by atoms with Crippen molar-refractivity contribution in [3.63, 3.8) is 0 Å². The van der Waals surface area contributed by atoms with Crippen LogP contribution >= 0.6 is 0 Å². The summed E-state index contributed by atoms with van der Waals surface area (Å²) in [4.78, 5) is 12.5. The molecule has 0 aliphatic rings. The maximum atomic E-state index is 12.5. The van der Waals surface area contributed by atoms with Crippen molar-refractivity contribution in [2.45, 2.75) is 33.6 Å². The Morgan fingerprint density at radius 2 is 1.52 bits per heavy atom. The highest BCUT2D eigenvalue weighted by Crippen LogP contribution is 2.19. The summed E-state index contributed by atoms with van der Waals surface area (Å²) in [6, 6.07) is 17.1. The van der Waals surface area contributed by atoms with Gasteiger partial charge in [0.15, 0.2) is 5.78 Å². The summed E-state index contributed by atoms with van der Waals surface area (Å²) in [5.41, 5.74) is 3.37. The van der Waals surface area contributed by atoms with E-state index in [1.165, 1.54) is 12.8 Å². The van der Waals surface area contributed by atoms with Crippen LogP contribution in [0.1, 0.15) is 55.1 Å². The number of ketones is 1. The second-order valence-electron chi connectivity index (χ2n) is 6.92. The molecule has 25 heavy (non-hydrogen) atoms. The number of nitrogens with one attached hydrogen (secondary N) is 1. The van der Waals surface area contributed by atoms with E-state index < -0.39 is 0 Å². The lowest BCUT2D eigenvalue weighted by Gasteiger charge is -2.22. The number of hydrogen-bond donors (Lipinski definition) is 1. The van der Waals surface area contributed by atoms with Gasteiger partial charge in [-0.3, -0.25) is 4.79 Å². The van der Waals surface area contributed by atoms with Crippen molar-refractivity contribution in [2.75, 3.05) is 6.54 Å². The van der Waals surface area contributed by atoms with Crippen LogP contribution in [-0.2, 0) is 0 Å². The first kappa shape index (κ1) is 19.0. The minimum atomic E-state index is 0.0496. The van der Waals surface area contributed by atoms with Crippen molar-refractivity contribution in [1.82, 2.24) is 5.32 Å². The monoisotopic (exact) mass is 335 g/mol. The Morgan fingerprint density at radius 1 is 0.960 bits per heavy atom. The number of hydrogen-bond acceptors (Lipinski definition) is 2. The average molecular weight is 335 g/mol. The van der Waals surface area contributed by atoms with Gasteiger partial charge in [0.25, 0.3) is 0 Å². The first-order chi connectivity index (χ1) is 12.0. The SMILES string of the molecule is C=C(NCC(CCC)C(C)C)c1ccc(C(=O)c2ccccc2)cc1. The zero-order valence-corrected chi connectivity index (χ0v) is 15.6. The van der Waals surface area contributed by atoms with Gasteiger partial charge in [0.1, 0.15) is 0 Å². The van der Waals surface area contributed by atoms with Gasteiger partial charge in [-0.1, -0.05) is 88.4 Å². The van der Waals surface area contributed by atoms with Gasteiger partial charge in [-0.2, -0.15) is 0 Å². The van der Waals surface area contributed by atoms with Crippen LogP contribution in [0.15, 0.2) is 61.2 Å². The van der Waals surface area contributed by atoms with E-state index in [0.29, 0.717) is 23.0 Å². The molecular formula is C23H29NO. The molecule has 0 amide bonds. The summed E-state index contributed by atoms with van der Waals surface area (Å²) >= 11 is 0. The standard InChI is InChI=1S/C23H29NO/c1-5-9-22(17(2)3)16-24-18(4)19-12-14-21(15-13-19)23(25)20-10-7-6-8-11-20/h6-8,10-15,17,22,24H,4-5,9,16H2,1-3H3. The van der Waals surface area contributed by atoms with Crippen molar-refractivity contribution in [2.24, 2.45) is 11.8 Å². The fraction of sp³-hybridized carbons (Fsp3) is 0.348. The van der Waals surface area contributed by atoms with E-state index in [9.17, 15) is 4.79 Å². The lowest BCUT2D eigenvalue weighted by Crippen LogP contribution is -2.25. The van der Waals surface area contributed by atoms with Crippen LogP contribution in [0.2, 0.25) is 0 Å². The summed E-state index contributed by atoms with van der Waals surface area (Å²) in [6.45, 7) is 11.9. The summed E-state index contributed by atoms with van der Waals surface area (Å²) < 4.78 is 0. The van der Waals surface area contributed by atoms with Gasteiger partial charge in [-0.15, -0.1) is 0 Å². The number of carbonyl (C=O) groups excluding carboxylic acids is 1. The van der Waals surface area contributed by atoms with Crippen LogP contribution in [0.25, 0.3) is 5.70 Å². The Kier molecular flexibility index (Phi) is 7.00. The third kappa shape index (κ3) is 5.32. The molecule has 0 bridgehead atoms. The largest absolute Gasteiger partial charge is 0.385 e. The maximum Gasteiger partial charge on any atom is 0.193 e. The highest BCUT2D eigenvalue weighted by atomic mass is 16.1. The third-order valence-corrected chi connectivity index (χ3v) is 4.71. The fourth-order valence-corrected chi connectivity index (χ4v) is 2.98. The van der Waals surface area contributed by atoms with E-state index in [4.69, 9.17) is 0 Å². The molecule has 0 aliphatic carbocycles. The Balaban J connectivity index is 1.99. The molecule has 1 atom stereocenters. The van der Waals surface area contributed by atoms with Gasteiger partial charge in [0.05, 0.1) is 0 Å². The number of rotatable bonds is 9. The maximum absolute atomic E-state index is 12.5. The zero-order chi connectivity index (χ0) is 18.2. The number of benzene rings is 2. The highest BCUT2D eigenvalue weighted by Gasteiger charge is 2.13. The molecule has 2 heteroatoms. The van der Waals surface area contributed by atoms with Crippen LogP contribution < -0.4 is 5.32 Å². The van der Waals surface area contributed by atoms with Gasteiger partial charge >= 0.3 is 0 Å². The smallest absolute Gasteiger partial charge is 0.193 e. The van der Waals surface area contributed by atoms with Gasteiger partial charge in [0.2, 0.25) is 0 Å². The van der Waals surface area contributed by atoms with Crippen molar-refractivity contribution in [1.29, 1.82) is 0 Å². The Labute approximate surface area is 152 Å². The second kappa shape index (κ2) is 9.22. The lowest BCUT2D eigenvalue weighted by atomic mass is 9.91. The normalized spacial score (nSPS) is 12.0. The summed E-state index contributed by atoms with van der Waals surface area (Å²) in [5, 5.41) is 3.47. The van der Waals surface area contributed by atoms with E-state index in [2.05, 4.69) is 32.7 Å². The molecule has 0 aromatic heterocycles. The molecule has 0 spiro atoms. The molecule has 1 N–H and O–H groups in total. The highest BCUT2D eigenvalue weighted by molar-refractivity contribution is 6.09. The molecule has 0 radical (unpaired) electrons. The van der Waals surface area contributed by atoms with Crippen LogP contribution in [0.3, 0.4) is 0 Å². The predicted molar refractivity (Wildman–Crippen MR) is 107 cm³/mol. The molecule has 0 saturated carbocycles. The lowest BCUT2D eigenvalue weighted by molar-refractivity contribution is 0.103. The minimum absolute atomic E-state index is 0.0496. The fourth-order valence-electron chi connectivity index (χ4n) is 2.98. The molecule has 2 aromatic rings. The van der Waals surface area contributed by atoms with Crippen LogP contribution in [0.5, 0.6) is 0 Å².